The number of carboxylic acid groups (broad SMARTS) is 1. The van der Waals surface area contributed by atoms with Gasteiger partial charge in [0.25, 0.3) is 0 Å². The van der Waals surface area contributed by atoms with Gasteiger partial charge in [0.05, 0.1) is 0 Å². The topological polar surface area (TPSA) is 57.5 Å². The summed E-state index contributed by atoms with van der Waals surface area (Å²) in [5, 5.41) is 20.0. The predicted molar refractivity (Wildman–Crippen MR) is 62.1 cm³/mol. The van der Waals surface area contributed by atoms with Gasteiger partial charge in [-0.25, -0.2) is 4.79 Å². The monoisotopic (exact) mass is 236 g/mol. The third-order valence-electron chi connectivity index (χ3n) is 2.48. The molecule has 0 radical (unpaired) electrons. The minimum atomic E-state index is -1.16. The molecule has 0 saturated carbocycles. The van der Waals surface area contributed by atoms with Crippen LogP contribution in [0.1, 0.15) is 15.9 Å². The van der Waals surface area contributed by atoms with Crippen molar-refractivity contribution in [3.63, 3.8) is 0 Å². The maximum Gasteiger partial charge on any atom is 0.339 e. The molecular formula is C12H9ClO3. The number of rotatable bonds is 2. The van der Waals surface area contributed by atoms with Crippen LogP contribution in [0.3, 0.4) is 0 Å². The van der Waals surface area contributed by atoms with E-state index in [1.54, 1.807) is 18.2 Å². The van der Waals surface area contributed by atoms with Gasteiger partial charge in [-0.3, -0.25) is 0 Å². The first-order valence-corrected chi connectivity index (χ1v) is 5.21. The van der Waals surface area contributed by atoms with Crippen LogP contribution in [-0.2, 0) is 5.88 Å². The molecule has 0 fully saturated rings. The second kappa shape index (κ2) is 4.02. The summed E-state index contributed by atoms with van der Waals surface area (Å²) in [5.74, 6) is -1.16. The summed E-state index contributed by atoms with van der Waals surface area (Å²) in [6, 6.07) is 8.45. The third-order valence-corrected chi connectivity index (χ3v) is 2.76. The molecule has 3 nitrogen and oxygen atoms in total. The molecule has 0 unspecified atom stereocenters. The first kappa shape index (κ1) is 10.8. The van der Waals surface area contributed by atoms with Crippen LogP contribution in [0.4, 0.5) is 0 Å². The van der Waals surface area contributed by atoms with Gasteiger partial charge >= 0.3 is 5.97 Å². The highest BCUT2D eigenvalue weighted by Gasteiger charge is 2.15. The van der Waals surface area contributed by atoms with Crippen molar-refractivity contribution in [2.45, 2.75) is 5.88 Å². The van der Waals surface area contributed by atoms with Crippen LogP contribution in [-0.4, -0.2) is 16.2 Å². The van der Waals surface area contributed by atoms with E-state index < -0.39 is 5.97 Å². The Hall–Kier alpha value is -1.74. The van der Waals surface area contributed by atoms with Gasteiger partial charge in [-0.15, -0.1) is 11.6 Å². The summed E-state index contributed by atoms with van der Waals surface area (Å²) in [6.07, 6.45) is 0. The number of carboxylic acids is 1. The van der Waals surface area contributed by atoms with Crippen LogP contribution in [0.5, 0.6) is 5.75 Å². The number of halogens is 1. The summed E-state index contributed by atoms with van der Waals surface area (Å²) >= 11 is 5.76. The summed E-state index contributed by atoms with van der Waals surface area (Å²) in [4.78, 5) is 10.9. The number of carbonyl (C=O) groups is 1. The lowest BCUT2D eigenvalue weighted by molar-refractivity contribution is 0.0694. The fourth-order valence-corrected chi connectivity index (χ4v) is 1.93. The zero-order valence-electron chi connectivity index (χ0n) is 8.27. The van der Waals surface area contributed by atoms with Crippen molar-refractivity contribution in [1.82, 2.24) is 0 Å². The van der Waals surface area contributed by atoms with E-state index in [-0.39, 0.29) is 17.2 Å². The molecular weight excluding hydrogens is 228 g/mol. The van der Waals surface area contributed by atoms with E-state index in [1.165, 1.54) is 6.07 Å². The third kappa shape index (κ3) is 1.59. The van der Waals surface area contributed by atoms with E-state index in [1.807, 2.05) is 6.07 Å². The van der Waals surface area contributed by atoms with Gasteiger partial charge in [-0.2, -0.15) is 0 Å². The highest BCUT2D eigenvalue weighted by molar-refractivity contribution is 6.18. The number of benzene rings is 2. The Kier molecular flexibility index (Phi) is 2.71. The lowest BCUT2D eigenvalue weighted by Crippen LogP contribution is -1.99. The maximum atomic E-state index is 10.9. The van der Waals surface area contributed by atoms with Gasteiger partial charge in [-0.1, -0.05) is 24.3 Å². The van der Waals surface area contributed by atoms with Crippen LogP contribution in [0.25, 0.3) is 10.8 Å². The molecule has 0 saturated heterocycles. The number of alkyl halides is 1. The van der Waals surface area contributed by atoms with Crippen LogP contribution in [0.15, 0.2) is 30.3 Å². The lowest BCUT2D eigenvalue weighted by Gasteiger charge is -2.08. The van der Waals surface area contributed by atoms with E-state index in [4.69, 9.17) is 16.7 Å². The van der Waals surface area contributed by atoms with Gasteiger partial charge < -0.3 is 10.2 Å². The molecule has 0 aliphatic rings. The van der Waals surface area contributed by atoms with Crippen LogP contribution in [0, 0.1) is 0 Å². The molecule has 16 heavy (non-hydrogen) atoms. The van der Waals surface area contributed by atoms with E-state index in [2.05, 4.69) is 0 Å². The molecule has 0 aliphatic heterocycles. The molecule has 0 spiro atoms. The number of aromatic hydroxyl groups is 1. The second-order valence-corrected chi connectivity index (χ2v) is 3.68. The quantitative estimate of drug-likeness (QED) is 0.788. The highest BCUT2D eigenvalue weighted by atomic mass is 35.5. The standard InChI is InChI=1S/C12H9ClO3/c13-6-7-5-10(12(15)16)11(14)9-4-2-1-3-8(7)9/h1-5,14H,6H2,(H,15,16). The van der Waals surface area contributed by atoms with Crippen LogP contribution in [0.2, 0.25) is 0 Å². The van der Waals surface area contributed by atoms with Crippen molar-refractivity contribution in [3.05, 3.63) is 41.5 Å². The Morgan fingerprint density at radius 1 is 1.25 bits per heavy atom. The lowest BCUT2D eigenvalue weighted by atomic mass is 10.0. The molecule has 2 aromatic carbocycles. The predicted octanol–water partition coefficient (Wildman–Crippen LogP) is 2.98. The molecule has 2 N–H and O–H groups in total. The van der Waals surface area contributed by atoms with Crippen molar-refractivity contribution in [2.24, 2.45) is 0 Å². The molecule has 82 valence electrons. The summed E-state index contributed by atoms with van der Waals surface area (Å²) in [5.41, 5.74) is 0.585. The molecule has 0 aliphatic carbocycles. The number of hydrogen-bond donors (Lipinski definition) is 2. The summed E-state index contributed by atoms with van der Waals surface area (Å²) in [7, 11) is 0. The Balaban J connectivity index is 2.88. The van der Waals surface area contributed by atoms with E-state index in [0.717, 1.165) is 5.39 Å². The van der Waals surface area contributed by atoms with Crippen molar-refractivity contribution in [2.75, 3.05) is 0 Å². The van der Waals surface area contributed by atoms with Crippen molar-refractivity contribution < 1.29 is 15.0 Å². The first-order valence-electron chi connectivity index (χ1n) is 4.68. The summed E-state index contributed by atoms with van der Waals surface area (Å²) < 4.78 is 0. The largest absolute Gasteiger partial charge is 0.506 e. The van der Waals surface area contributed by atoms with E-state index >= 15 is 0 Å². The zero-order chi connectivity index (χ0) is 11.7. The SMILES string of the molecule is O=C(O)c1cc(CCl)c2ccccc2c1O. The van der Waals surface area contributed by atoms with Gasteiger partial charge in [0.2, 0.25) is 0 Å². The van der Waals surface area contributed by atoms with E-state index in [9.17, 15) is 9.90 Å². The molecule has 0 atom stereocenters. The van der Waals surface area contributed by atoms with Crippen molar-refractivity contribution >= 4 is 28.3 Å². The smallest absolute Gasteiger partial charge is 0.339 e. The zero-order valence-corrected chi connectivity index (χ0v) is 9.03. The minimum Gasteiger partial charge on any atom is -0.506 e. The Morgan fingerprint density at radius 3 is 2.44 bits per heavy atom. The molecule has 0 bridgehead atoms. The van der Waals surface area contributed by atoms with Gasteiger partial charge in [0.15, 0.2) is 0 Å². The Bertz CT molecular complexity index is 563. The fraction of sp³-hybridized carbons (Fsp3) is 0.0833. The average molecular weight is 237 g/mol. The Morgan fingerprint density at radius 2 is 1.88 bits per heavy atom. The van der Waals surface area contributed by atoms with Crippen molar-refractivity contribution in [3.8, 4) is 5.75 Å². The van der Waals surface area contributed by atoms with Gasteiger partial charge in [0, 0.05) is 11.3 Å². The number of phenols is 1. The normalized spacial score (nSPS) is 10.6. The molecule has 2 aromatic rings. The van der Waals surface area contributed by atoms with Gasteiger partial charge in [-0.05, 0) is 17.0 Å². The summed E-state index contributed by atoms with van der Waals surface area (Å²) in [6.45, 7) is 0. The van der Waals surface area contributed by atoms with Gasteiger partial charge in [0.1, 0.15) is 11.3 Å². The highest BCUT2D eigenvalue weighted by Crippen LogP contribution is 2.32. The van der Waals surface area contributed by atoms with Crippen molar-refractivity contribution in [1.29, 1.82) is 0 Å². The van der Waals surface area contributed by atoms with E-state index in [0.29, 0.717) is 10.9 Å². The average Bonchev–Trinajstić information content (AvgIpc) is 2.29. The fourth-order valence-electron chi connectivity index (χ4n) is 1.71. The molecule has 4 heteroatoms. The first-order chi connectivity index (χ1) is 7.65. The number of fused-ring (bicyclic) bond motifs is 1. The maximum absolute atomic E-state index is 10.9. The van der Waals surface area contributed by atoms with Crippen LogP contribution < -0.4 is 0 Å². The minimum absolute atomic E-state index is 0.116. The molecule has 0 amide bonds. The molecule has 0 heterocycles. The molecule has 2 rings (SSSR count). The molecule has 0 aromatic heterocycles. The number of aromatic carboxylic acids is 1. The number of hydrogen-bond acceptors (Lipinski definition) is 2. The Labute approximate surface area is 96.9 Å². The second-order valence-electron chi connectivity index (χ2n) is 3.42. The van der Waals surface area contributed by atoms with Crippen LogP contribution >= 0.6 is 11.6 Å².